The average molecular weight is 295 g/mol. The summed E-state index contributed by atoms with van der Waals surface area (Å²) in [6.45, 7) is 5.85. The molecule has 1 aromatic rings. The minimum Gasteiger partial charge on any atom is -0.494 e. The third kappa shape index (κ3) is 3.95. The van der Waals surface area contributed by atoms with Crippen LogP contribution in [-0.4, -0.2) is 25.4 Å². The zero-order chi connectivity index (χ0) is 15.3. The van der Waals surface area contributed by atoms with Crippen molar-refractivity contribution < 1.29 is 13.9 Å². The van der Waals surface area contributed by atoms with Crippen molar-refractivity contribution in [2.45, 2.75) is 57.7 Å². The predicted octanol–water partition coefficient (Wildman–Crippen LogP) is 3.66. The van der Waals surface area contributed by atoms with Crippen molar-refractivity contribution in [1.82, 2.24) is 5.32 Å². The monoisotopic (exact) mass is 295 g/mol. The fraction of sp³-hybridized carbons (Fsp3) is 0.647. The predicted molar refractivity (Wildman–Crippen MR) is 82.1 cm³/mol. The number of rotatable bonds is 6. The molecule has 1 aromatic carbocycles. The lowest BCUT2D eigenvalue weighted by molar-refractivity contribution is -0.0932. The van der Waals surface area contributed by atoms with Crippen LogP contribution in [0.1, 0.15) is 45.1 Å². The Hall–Kier alpha value is -1.13. The lowest BCUT2D eigenvalue weighted by Crippen LogP contribution is -2.46. The molecular weight excluding hydrogens is 269 g/mol. The molecular formula is C17H26FNO2. The number of hydrogen-bond donors (Lipinski definition) is 1. The highest BCUT2D eigenvalue weighted by Crippen LogP contribution is 2.31. The van der Waals surface area contributed by atoms with Crippen molar-refractivity contribution in [2.24, 2.45) is 0 Å². The van der Waals surface area contributed by atoms with Gasteiger partial charge < -0.3 is 14.8 Å². The fourth-order valence-electron chi connectivity index (χ4n) is 3.03. The van der Waals surface area contributed by atoms with Crippen molar-refractivity contribution in [3.8, 4) is 5.75 Å². The Kier molecular flexibility index (Phi) is 5.59. The van der Waals surface area contributed by atoms with Crippen LogP contribution in [0.2, 0.25) is 0 Å². The van der Waals surface area contributed by atoms with Crippen molar-refractivity contribution in [1.29, 1.82) is 0 Å². The lowest BCUT2D eigenvalue weighted by Gasteiger charge is -2.40. The molecule has 1 atom stereocenters. The highest BCUT2D eigenvalue weighted by Gasteiger charge is 2.34. The summed E-state index contributed by atoms with van der Waals surface area (Å²) in [6, 6.07) is 5.56. The van der Waals surface area contributed by atoms with Crippen LogP contribution >= 0.6 is 0 Å². The van der Waals surface area contributed by atoms with Crippen LogP contribution in [0.4, 0.5) is 4.39 Å². The highest BCUT2D eigenvalue weighted by atomic mass is 19.1. The summed E-state index contributed by atoms with van der Waals surface area (Å²) in [5.41, 5.74) is 0.958. The molecule has 0 aliphatic carbocycles. The summed E-state index contributed by atoms with van der Waals surface area (Å²) in [5.74, 6) is -0.0129. The Morgan fingerprint density at radius 3 is 2.76 bits per heavy atom. The molecule has 1 fully saturated rings. The number of methoxy groups -OCH3 is 1. The molecule has 0 spiro atoms. The van der Waals surface area contributed by atoms with Gasteiger partial charge in [-0.05, 0) is 43.4 Å². The molecule has 4 heteroatoms. The van der Waals surface area contributed by atoms with E-state index in [9.17, 15) is 4.39 Å². The van der Waals surface area contributed by atoms with Gasteiger partial charge in [0.05, 0.1) is 12.7 Å². The largest absolute Gasteiger partial charge is 0.494 e. The first-order chi connectivity index (χ1) is 10.1. The van der Waals surface area contributed by atoms with Crippen LogP contribution in [0.25, 0.3) is 0 Å². The van der Waals surface area contributed by atoms with Crippen LogP contribution < -0.4 is 10.1 Å². The first kappa shape index (κ1) is 16.2. The van der Waals surface area contributed by atoms with E-state index in [2.05, 4.69) is 19.2 Å². The Labute approximate surface area is 126 Å². The van der Waals surface area contributed by atoms with Crippen LogP contribution in [-0.2, 0) is 11.3 Å². The highest BCUT2D eigenvalue weighted by molar-refractivity contribution is 5.29. The second-order valence-corrected chi connectivity index (χ2v) is 5.78. The molecule has 0 amide bonds. The van der Waals surface area contributed by atoms with E-state index in [1.165, 1.54) is 13.2 Å². The first-order valence-electron chi connectivity index (χ1n) is 7.82. The number of ether oxygens (including phenoxy) is 2. The van der Waals surface area contributed by atoms with E-state index in [1.54, 1.807) is 6.07 Å². The van der Waals surface area contributed by atoms with Gasteiger partial charge in [-0.3, -0.25) is 0 Å². The summed E-state index contributed by atoms with van der Waals surface area (Å²) in [7, 11) is 1.48. The van der Waals surface area contributed by atoms with Crippen molar-refractivity contribution >= 4 is 0 Å². The maximum atomic E-state index is 13.7. The maximum absolute atomic E-state index is 13.7. The molecule has 0 saturated carbocycles. The maximum Gasteiger partial charge on any atom is 0.165 e. The van der Waals surface area contributed by atoms with Gasteiger partial charge in [0.1, 0.15) is 0 Å². The number of hydrogen-bond acceptors (Lipinski definition) is 3. The lowest BCUT2D eigenvalue weighted by atomic mass is 9.86. The molecule has 1 heterocycles. The number of nitrogens with one attached hydrogen (secondary N) is 1. The molecule has 1 unspecified atom stereocenters. The summed E-state index contributed by atoms with van der Waals surface area (Å²) in [6.07, 6.45) is 4.12. The third-order valence-corrected chi connectivity index (χ3v) is 4.59. The second-order valence-electron chi connectivity index (χ2n) is 5.78. The Bertz CT molecular complexity index is 460. The molecule has 1 N–H and O–H groups in total. The van der Waals surface area contributed by atoms with Crippen molar-refractivity contribution in [3.05, 3.63) is 29.6 Å². The Morgan fingerprint density at radius 1 is 1.38 bits per heavy atom. The Morgan fingerprint density at radius 2 is 2.14 bits per heavy atom. The second kappa shape index (κ2) is 7.23. The van der Waals surface area contributed by atoms with Gasteiger partial charge in [-0.15, -0.1) is 0 Å². The summed E-state index contributed by atoms with van der Waals surface area (Å²) >= 11 is 0. The Balaban J connectivity index is 1.92. The third-order valence-electron chi connectivity index (χ3n) is 4.59. The van der Waals surface area contributed by atoms with E-state index in [0.29, 0.717) is 18.3 Å². The van der Waals surface area contributed by atoms with Crippen LogP contribution in [0, 0.1) is 5.82 Å². The molecule has 1 aliphatic heterocycles. The van der Waals surface area contributed by atoms with Gasteiger partial charge >= 0.3 is 0 Å². The number of benzene rings is 1. The normalized spacial score (nSPS) is 21.2. The minimum atomic E-state index is -0.305. The quantitative estimate of drug-likeness (QED) is 0.868. The molecule has 1 aliphatic rings. The zero-order valence-electron chi connectivity index (χ0n) is 13.2. The average Bonchev–Trinajstić information content (AvgIpc) is 2.53. The molecule has 3 nitrogen and oxygen atoms in total. The molecule has 118 valence electrons. The molecule has 1 saturated heterocycles. The standard InChI is InChI=1S/C17H26FNO2/c1-4-17(5-2)11-14(8-9-21-17)19-12-13-6-7-16(20-3)15(18)10-13/h6-7,10,14,19H,4-5,8-9,11-12H2,1-3H3. The smallest absolute Gasteiger partial charge is 0.165 e. The van der Waals surface area contributed by atoms with E-state index in [1.807, 2.05) is 6.07 Å². The van der Waals surface area contributed by atoms with Gasteiger partial charge in [-0.1, -0.05) is 19.9 Å². The van der Waals surface area contributed by atoms with Gasteiger partial charge in [-0.25, -0.2) is 4.39 Å². The van der Waals surface area contributed by atoms with E-state index >= 15 is 0 Å². The van der Waals surface area contributed by atoms with E-state index in [0.717, 1.165) is 37.9 Å². The van der Waals surface area contributed by atoms with E-state index < -0.39 is 0 Å². The first-order valence-corrected chi connectivity index (χ1v) is 7.82. The van der Waals surface area contributed by atoms with Crippen LogP contribution in [0.5, 0.6) is 5.75 Å². The van der Waals surface area contributed by atoms with Crippen LogP contribution in [0.15, 0.2) is 18.2 Å². The van der Waals surface area contributed by atoms with Gasteiger partial charge in [0.2, 0.25) is 0 Å². The van der Waals surface area contributed by atoms with E-state index in [-0.39, 0.29) is 11.4 Å². The van der Waals surface area contributed by atoms with Crippen molar-refractivity contribution in [3.63, 3.8) is 0 Å². The van der Waals surface area contributed by atoms with Crippen molar-refractivity contribution in [2.75, 3.05) is 13.7 Å². The fourth-order valence-corrected chi connectivity index (χ4v) is 3.03. The molecule has 21 heavy (non-hydrogen) atoms. The summed E-state index contributed by atoms with van der Waals surface area (Å²) in [4.78, 5) is 0. The minimum absolute atomic E-state index is 0.0150. The summed E-state index contributed by atoms with van der Waals surface area (Å²) < 4.78 is 24.6. The van der Waals surface area contributed by atoms with Gasteiger partial charge in [-0.2, -0.15) is 0 Å². The topological polar surface area (TPSA) is 30.5 Å². The van der Waals surface area contributed by atoms with Gasteiger partial charge in [0.15, 0.2) is 11.6 Å². The summed E-state index contributed by atoms with van der Waals surface area (Å²) in [5, 5.41) is 3.54. The molecule has 0 radical (unpaired) electrons. The van der Waals surface area contributed by atoms with Gasteiger partial charge in [0, 0.05) is 19.2 Å². The molecule has 2 rings (SSSR count). The molecule has 0 aromatic heterocycles. The van der Waals surface area contributed by atoms with E-state index in [4.69, 9.17) is 9.47 Å². The SMILES string of the molecule is CCC1(CC)CC(NCc2ccc(OC)c(F)c2)CCO1. The van der Waals surface area contributed by atoms with Gasteiger partial charge in [0.25, 0.3) is 0 Å². The van der Waals surface area contributed by atoms with Crippen LogP contribution in [0.3, 0.4) is 0 Å². The zero-order valence-corrected chi connectivity index (χ0v) is 13.2. The number of halogens is 1. The molecule has 0 bridgehead atoms.